The fraction of sp³-hybridized carbons (Fsp3) is 0.250. The van der Waals surface area contributed by atoms with Gasteiger partial charge in [-0.05, 0) is 50.2 Å². The first-order chi connectivity index (χ1) is 9.99. The maximum atomic E-state index is 7.42. The Morgan fingerprint density at radius 3 is 2.48 bits per heavy atom. The largest absolute Gasteiger partial charge is 0.487 e. The zero-order valence-electron chi connectivity index (χ0n) is 12.5. The van der Waals surface area contributed by atoms with Crippen molar-refractivity contribution in [3.63, 3.8) is 0 Å². The van der Waals surface area contributed by atoms with Crippen molar-refractivity contribution in [2.45, 2.75) is 20.0 Å². The number of benzene rings is 1. The first kappa shape index (κ1) is 14.8. The summed E-state index contributed by atoms with van der Waals surface area (Å²) in [6.07, 6.45) is 1.82. The first-order valence-corrected chi connectivity index (χ1v) is 6.79. The van der Waals surface area contributed by atoms with E-state index >= 15 is 0 Å². The summed E-state index contributed by atoms with van der Waals surface area (Å²) in [5.41, 5.74) is 7.12. The Balaban J connectivity index is 2.31. The van der Waals surface area contributed by atoms with Crippen LogP contribution in [0.3, 0.4) is 0 Å². The Kier molecular flexibility index (Phi) is 4.42. The van der Waals surface area contributed by atoms with Gasteiger partial charge in [0, 0.05) is 24.5 Å². The molecule has 0 bridgehead atoms. The molecule has 0 spiro atoms. The summed E-state index contributed by atoms with van der Waals surface area (Å²) >= 11 is 0. The van der Waals surface area contributed by atoms with Crippen LogP contribution in [0.5, 0.6) is 5.75 Å². The Bertz CT molecular complexity index is 622. The van der Waals surface area contributed by atoms with Crippen molar-refractivity contribution >= 4 is 17.3 Å². The van der Waals surface area contributed by atoms with Crippen LogP contribution in [0.1, 0.15) is 19.4 Å². The van der Waals surface area contributed by atoms with Crippen molar-refractivity contribution in [3.8, 4) is 5.75 Å². The molecule has 1 aromatic carbocycles. The van der Waals surface area contributed by atoms with Crippen molar-refractivity contribution in [2.24, 2.45) is 5.73 Å². The summed E-state index contributed by atoms with van der Waals surface area (Å²) in [7, 11) is 1.93. The molecule has 5 nitrogen and oxygen atoms in total. The van der Waals surface area contributed by atoms with Crippen LogP contribution >= 0.6 is 0 Å². The van der Waals surface area contributed by atoms with Crippen molar-refractivity contribution in [1.82, 2.24) is 4.98 Å². The maximum Gasteiger partial charge on any atom is 0.175 e. The van der Waals surface area contributed by atoms with Crippen LogP contribution in [0.4, 0.5) is 11.5 Å². The molecule has 0 amide bonds. The third-order valence-corrected chi connectivity index (χ3v) is 3.00. The van der Waals surface area contributed by atoms with Crippen molar-refractivity contribution < 1.29 is 4.74 Å². The summed E-state index contributed by atoms with van der Waals surface area (Å²) in [6, 6.07) is 11.2. The Morgan fingerprint density at radius 1 is 1.24 bits per heavy atom. The Hall–Kier alpha value is -2.56. The molecule has 3 N–H and O–H groups in total. The number of hydrogen-bond acceptors (Lipinski definition) is 4. The molecule has 0 aliphatic rings. The number of nitrogens with two attached hydrogens (primary N) is 1. The lowest BCUT2D eigenvalue weighted by molar-refractivity contribution is 0.242. The van der Waals surface area contributed by atoms with Gasteiger partial charge < -0.3 is 15.4 Å². The van der Waals surface area contributed by atoms with Crippen LogP contribution in [-0.2, 0) is 0 Å². The molecule has 0 saturated carbocycles. The lowest BCUT2D eigenvalue weighted by Gasteiger charge is -2.22. The molecule has 1 heterocycles. The van der Waals surface area contributed by atoms with Gasteiger partial charge in [0.2, 0.25) is 0 Å². The van der Waals surface area contributed by atoms with Crippen LogP contribution in [0.25, 0.3) is 0 Å². The number of amidine groups is 1. The van der Waals surface area contributed by atoms with Gasteiger partial charge in [0.25, 0.3) is 0 Å². The molecule has 2 rings (SSSR count). The van der Waals surface area contributed by atoms with E-state index in [0.29, 0.717) is 5.56 Å². The quantitative estimate of drug-likeness (QED) is 0.654. The second-order valence-corrected chi connectivity index (χ2v) is 5.01. The smallest absolute Gasteiger partial charge is 0.175 e. The highest BCUT2D eigenvalue weighted by atomic mass is 16.5. The standard InChI is InChI=1S/C16H20N4O/c1-11(2)21-14-5-4-10-19-16(14)20(3)13-8-6-12(7-9-13)15(17)18/h4-11H,1-3H3,(H3,17,18). The number of rotatable bonds is 5. The van der Waals surface area contributed by atoms with Crippen LogP contribution < -0.4 is 15.4 Å². The lowest BCUT2D eigenvalue weighted by atomic mass is 10.2. The number of anilines is 2. The SMILES string of the molecule is CC(C)Oc1cccnc1N(C)c1ccc(C(=N)N)cc1. The van der Waals surface area contributed by atoms with E-state index in [1.165, 1.54) is 0 Å². The monoisotopic (exact) mass is 284 g/mol. The van der Waals surface area contributed by atoms with E-state index in [-0.39, 0.29) is 11.9 Å². The topological polar surface area (TPSA) is 75.2 Å². The molecule has 0 aliphatic carbocycles. The van der Waals surface area contributed by atoms with E-state index in [0.717, 1.165) is 17.3 Å². The van der Waals surface area contributed by atoms with Gasteiger partial charge in [0.1, 0.15) is 5.84 Å². The number of nitrogens with one attached hydrogen (secondary N) is 1. The van der Waals surface area contributed by atoms with Crippen molar-refractivity contribution in [3.05, 3.63) is 48.2 Å². The fourth-order valence-corrected chi connectivity index (χ4v) is 1.97. The normalized spacial score (nSPS) is 10.5. The molecule has 1 aromatic heterocycles. The summed E-state index contributed by atoms with van der Waals surface area (Å²) in [6.45, 7) is 3.97. The van der Waals surface area contributed by atoms with E-state index in [2.05, 4.69) is 4.98 Å². The number of hydrogen-bond donors (Lipinski definition) is 2. The summed E-state index contributed by atoms with van der Waals surface area (Å²) in [5.74, 6) is 1.55. The van der Waals surface area contributed by atoms with Gasteiger partial charge in [0.05, 0.1) is 6.10 Å². The lowest BCUT2D eigenvalue weighted by Crippen LogP contribution is -2.16. The summed E-state index contributed by atoms with van der Waals surface area (Å²) in [5, 5.41) is 7.42. The molecule has 0 saturated heterocycles. The minimum atomic E-state index is 0.0610. The molecule has 2 aromatic rings. The maximum absolute atomic E-state index is 7.42. The first-order valence-electron chi connectivity index (χ1n) is 6.79. The highest BCUT2D eigenvalue weighted by molar-refractivity contribution is 5.95. The summed E-state index contributed by atoms with van der Waals surface area (Å²) < 4.78 is 5.79. The number of ether oxygens (including phenoxy) is 1. The molecule has 0 unspecified atom stereocenters. The van der Waals surface area contributed by atoms with Crippen LogP contribution in [0, 0.1) is 5.41 Å². The van der Waals surface area contributed by atoms with E-state index in [1.54, 1.807) is 6.20 Å². The number of aromatic nitrogens is 1. The summed E-state index contributed by atoms with van der Waals surface area (Å²) in [4.78, 5) is 6.35. The van der Waals surface area contributed by atoms with Gasteiger partial charge in [-0.2, -0.15) is 0 Å². The van der Waals surface area contributed by atoms with Gasteiger partial charge in [-0.3, -0.25) is 5.41 Å². The van der Waals surface area contributed by atoms with E-state index in [1.807, 2.05) is 62.2 Å². The van der Waals surface area contributed by atoms with Crippen LogP contribution in [0.15, 0.2) is 42.6 Å². The molecule has 0 atom stereocenters. The predicted octanol–water partition coefficient (Wildman–Crippen LogP) is 2.92. The van der Waals surface area contributed by atoms with Crippen LogP contribution in [0.2, 0.25) is 0 Å². The van der Waals surface area contributed by atoms with Crippen molar-refractivity contribution in [1.29, 1.82) is 5.41 Å². The highest BCUT2D eigenvalue weighted by Crippen LogP contribution is 2.30. The second-order valence-electron chi connectivity index (χ2n) is 5.01. The molecule has 0 radical (unpaired) electrons. The average molecular weight is 284 g/mol. The number of nitrogen functional groups attached to an aromatic ring is 1. The third kappa shape index (κ3) is 3.51. The Morgan fingerprint density at radius 2 is 1.90 bits per heavy atom. The van der Waals surface area contributed by atoms with E-state index in [9.17, 15) is 0 Å². The van der Waals surface area contributed by atoms with Gasteiger partial charge in [-0.15, -0.1) is 0 Å². The molecule has 110 valence electrons. The number of nitrogens with zero attached hydrogens (tertiary/aromatic N) is 2. The van der Waals surface area contributed by atoms with Gasteiger partial charge in [-0.1, -0.05) is 0 Å². The van der Waals surface area contributed by atoms with Gasteiger partial charge in [0.15, 0.2) is 11.6 Å². The van der Waals surface area contributed by atoms with Gasteiger partial charge >= 0.3 is 0 Å². The van der Waals surface area contributed by atoms with E-state index < -0.39 is 0 Å². The minimum Gasteiger partial charge on any atom is -0.487 e. The highest BCUT2D eigenvalue weighted by Gasteiger charge is 2.13. The Labute approximate surface area is 124 Å². The minimum absolute atomic E-state index is 0.0610. The second kappa shape index (κ2) is 6.26. The average Bonchev–Trinajstić information content (AvgIpc) is 2.46. The predicted molar refractivity (Wildman–Crippen MR) is 85.5 cm³/mol. The molecule has 21 heavy (non-hydrogen) atoms. The zero-order valence-corrected chi connectivity index (χ0v) is 12.5. The fourth-order valence-electron chi connectivity index (χ4n) is 1.97. The molecule has 5 heteroatoms. The molecular weight excluding hydrogens is 264 g/mol. The van der Waals surface area contributed by atoms with Crippen molar-refractivity contribution in [2.75, 3.05) is 11.9 Å². The van der Waals surface area contributed by atoms with E-state index in [4.69, 9.17) is 15.9 Å². The zero-order chi connectivity index (χ0) is 15.4. The molecule has 0 aliphatic heterocycles. The number of pyridine rings is 1. The van der Waals surface area contributed by atoms with Crippen LogP contribution in [-0.4, -0.2) is 24.0 Å². The van der Waals surface area contributed by atoms with Gasteiger partial charge in [-0.25, -0.2) is 4.98 Å². The molecular formula is C16H20N4O. The third-order valence-electron chi connectivity index (χ3n) is 3.00. The molecule has 0 fully saturated rings.